The summed E-state index contributed by atoms with van der Waals surface area (Å²) in [7, 11) is 1.62. The fourth-order valence-electron chi connectivity index (χ4n) is 2.97. The van der Waals surface area contributed by atoms with Crippen molar-refractivity contribution < 1.29 is 9.53 Å². The van der Waals surface area contributed by atoms with Crippen molar-refractivity contribution in [3.63, 3.8) is 0 Å². The maximum Gasteiger partial charge on any atom is 0.290 e. The average molecular weight is 396 g/mol. The first-order valence-electron chi connectivity index (χ1n) is 9.43. The highest BCUT2D eigenvalue weighted by Crippen LogP contribution is 2.24. The van der Waals surface area contributed by atoms with Crippen LogP contribution in [0.2, 0.25) is 0 Å². The van der Waals surface area contributed by atoms with Crippen LogP contribution in [0.25, 0.3) is 16.9 Å². The van der Waals surface area contributed by atoms with Gasteiger partial charge in [0.25, 0.3) is 5.91 Å². The highest BCUT2D eigenvalue weighted by Gasteiger charge is 2.17. The molecule has 1 heterocycles. The molecule has 3 aromatic carbocycles. The van der Waals surface area contributed by atoms with Crippen molar-refractivity contribution in [2.45, 2.75) is 0 Å². The molecule has 0 saturated heterocycles. The molecule has 6 heteroatoms. The Morgan fingerprint density at radius 1 is 0.967 bits per heavy atom. The van der Waals surface area contributed by atoms with Crippen LogP contribution in [0.3, 0.4) is 0 Å². The Balaban J connectivity index is 1.65. The van der Waals surface area contributed by atoms with Gasteiger partial charge in [-0.05, 0) is 48.0 Å². The quantitative estimate of drug-likeness (QED) is 0.390. The number of ether oxygens (including phenoxy) is 1. The summed E-state index contributed by atoms with van der Waals surface area (Å²) in [5, 5.41) is 8.73. The lowest BCUT2D eigenvalue weighted by atomic mass is 10.1. The molecule has 4 aromatic rings. The van der Waals surface area contributed by atoms with Crippen molar-refractivity contribution in [2.24, 2.45) is 5.10 Å². The van der Waals surface area contributed by atoms with Crippen LogP contribution in [0.1, 0.15) is 16.1 Å². The second-order valence-electron chi connectivity index (χ2n) is 6.50. The minimum atomic E-state index is -0.349. The number of nitrogens with zero attached hydrogens (tertiary/aromatic N) is 3. The largest absolute Gasteiger partial charge is 0.497 e. The SMILES string of the molecule is COc1ccc(-c2cc(C(=O)N/N=C\c3ccccc3)n(-c3ccccc3)n2)cc1. The number of rotatable bonds is 6. The fraction of sp³-hybridized carbons (Fsp3) is 0.0417. The Bertz CT molecular complexity index is 1150. The van der Waals surface area contributed by atoms with Gasteiger partial charge >= 0.3 is 0 Å². The molecule has 1 N–H and O–H groups in total. The zero-order valence-electron chi connectivity index (χ0n) is 16.4. The molecule has 4 rings (SSSR count). The molecule has 6 nitrogen and oxygen atoms in total. The van der Waals surface area contributed by atoms with Crippen molar-refractivity contribution in [2.75, 3.05) is 7.11 Å². The summed E-state index contributed by atoms with van der Waals surface area (Å²) in [5.74, 6) is 0.410. The Morgan fingerprint density at radius 3 is 2.30 bits per heavy atom. The molecule has 0 fully saturated rings. The van der Waals surface area contributed by atoms with E-state index in [0.29, 0.717) is 11.4 Å². The number of benzene rings is 3. The van der Waals surface area contributed by atoms with Crippen LogP contribution < -0.4 is 10.2 Å². The number of hydrogen-bond donors (Lipinski definition) is 1. The molecule has 0 atom stereocenters. The van der Waals surface area contributed by atoms with Crippen LogP contribution in [0.5, 0.6) is 5.75 Å². The first-order valence-corrected chi connectivity index (χ1v) is 9.43. The van der Waals surface area contributed by atoms with E-state index in [1.54, 1.807) is 24.1 Å². The van der Waals surface area contributed by atoms with E-state index in [1.165, 1.54) is 0 Å². The van der Waals surface area contributed by atoms with E-state index in [0.717, 1.165) is 22.6 Å². The Kier molecular flexibility index (Phi) is 5.66. The van der Waals surface area contributed by atoms with Crippen molar-refractivity contribution in [3.8, 4) is 22.7 Å². The first kappa shape index (κ1) is 19.1. The van der Waals surface area contributed by atoms with E-state index >= 15 is 0 Å². The van der Waals surface area contributed by atoms with E-state index in [2.05, 4.69) is 15.6 Å². The van der Waals surface area contributed by atoms with Crippen LogP contribution in [0.4, 0.5) is 0 Å². The Hall–Kier alpha value is -4.19. The molecule has 1 amide bonds. The number of hydrogen-bond acceptors (Lipinski definition) is 4. The summed E-state index contributed by atoms with van der Waals surface area (Å²) in [6, 6.07) is 28.4. The van der Waals surface area contributed by atoms with Gasteiger partial charge in [0, 0.05) is 5.56 Å². The predicted molar refractivity (Wildman–Crippen MR) is 117 cm³/mol. The number of para-hydroxylation sites is 1. The predicted octanol–water partition coefficient (Wildman–Crippen LogP) is 4.31. The molecule has 0 aliphatic rings. The zero-order chi connectivity index (χ0) is 20.8. The third kappa shape index (κ3) is 4.28. The topological polar surface area (TPSA) is 68.5 Å². The van der Waals surface area contributed by atoms with Crippen LogP contribution in [0.15, 0.2) is 96.1 Å². The molecule has 0 aliphatic carbocycles. The van der Waals surface area contributed by atoms with Crippen molar-refractivity contribution in [1.82, 2.24) is 15.2 Å². The normalized spacial score (nSPS) is 10.8. The van der Waals surface area contributed by atoms with E-state index in [9.17, 15) is 4.79 Å². The second kappa shape index (κ2) is 8.87. The Morgan fingerprint density at radius 2 is 1.63 bits per heavy atom. The minimum absolute atomic E-state index is 0.349. The Labute approximate surface area is 174 Å². The highest BCUT2D eigenvalue weighted by atomic mass is 16.5. The lowest BCUT2D eigenvalue weighted by Crippen LogP contribution is -2.21. The van der Waals surface area contributed by atoms with E-state index in [1.807, 2.05) is 84.9 Å². The number of carbonyl (C=O) groups excluding carboxylic acids is 1. The van der Waals surface area contributed by atoms with Crippen molar-refractivity contribution in [1.29, 1.82) is 0 Å². The number of aromatic nitrogens is 2. The summed E-state index contributed by atoms with van der Waals surface area (Å²) in [4.78, 5) is 12.9. The lowest BCUT2D eigenvalue weighted by molar-refractivity contribution is 0.0947. The molecule has 0 radical (unpaired) electrons. The number of hydrazone groups is 1. The molecule has 0 saturated carbocycles. The van der Waals surface area contributed by atoms with Crippen LogP contribution >= 0.6 is 0 Å². The monoisotopic (exact) mass is 396 g/mol. The van der Waals surface area contributed by atoms with E-state index < -0.39 is 0 Å². The summed E-state index contributed by atoms with van der Waals surface area (Å²) < 4.78 is 6.83. The molecule has 1 aromatic heterocycles. The smallest absolute Gasteiger partial charge is 0.290 e. The standard InChI is InChI=1S/C24H20N4O2/c1-30-21-14-12-19(13-15-21)22-16-23(28(27-22)20-10-6-3-7-11-20)24(29)26-25-17-18-8-4-2-5-9-18/h2-17H,1H3,(H,26,29)/b25-17-. The second-order valence-corrected chi connectivity index (χ2v) is 6.50. The maximum atomic E-state index is 12.9. The molecular weight excluding hydrogens is 376 g/mol. The average Bonchev–Trinajstić information content (AvgIpc) is 3.26. The zero-order valence-corrected chi connectivity index (χ0v) is 16.4. The van der Waals surface area contributed by atoms with E-state index in [4.69, 9.17) is 4.74 Å². The summed E-state index contributed by atoms with van der Waals surface area (Å²) in [6.45, 7) is 0. The van der Waals surface area contributed by atoms with Crippen LogP contribution in [-0.4, -0.2) is 29.0 Å². The third-order valence-corrected chi connectivity index (χ3v) is 4.51. The molecule has 148 valence electrons. The molecule has 0 aliphatic heterocycles. The van der Waals surface area contributed by atoms with Gasteiger partial charge in [0.2, 0.25) is 0 Å². The molecule has 0 spiro atoms. The summed E-state index contributed by atoms with van der Waals surface area (Å²) in [6.07, 6.45) is 1.60. The third-order valence-electron chi connectivity index (χ3n) is 4.51. The number of carbonyl (C=O) groups is 1. The van der Waals surface area contributed by atoms with Crippen LogP contribution in [-0.2, 0) is 0 Å². The molecule has 0 bridgehead atoms. The minimum Gasteiger partial charge on any atom is -0.497 e. The van der Waals surface area contributed by atoms with Gasteiger partial charge in [-0.3, -0.25) is 4.79 Å². The molecule has 30 heavy (non-hydrogen) atoms. The lowest BCUT2D eigenvalue weighted by Gasteiger charge is -2.06. The van der Waals surface area contributed by atoms with Gasteiger partial charge in [0.15, 0.2) is 0 Å². The fourth-order valence-corrected chi connectivity index (χ4v) is 2.97. The first-order chi connectivity index (χ1) is 14.7. The van der Waals surface area contributed by atoms with Gasteiger partial charge in [-0.1, -0.05) is 48.5 Å². The van der Waals surface area contributed by atoms with Gasteiger partial charge in [-0.25, -0.2) is 10.1 Å². The van der Waals surface area contributed by atoms with Crippen LogP contribution in [0, 0.1) is 0 Å². The van der Waals surface area contributed by atoms with Gasteiger partial charge in [-0.2, -0.15) is 10.2 Å². The van der Waals surface area contributed by atoms with Crippen molar-refractivity contribution in [3.05, 3.63) is 102 Å². The summed E-state index contributed by atoms with van der Waals surface area (Å²) >= 11 is 0. The number of methoxy groups -OCH3 is 1. The van der Waals surface area contributed by atoms with Gasteiger partial charge in [0.1, 0.15) is 11.4 Å². The number of nitrogens with one attached hydrogen (secondary N) is 1. The van der Waals surface area contributed by atoms with Gasteiger partial charge in [-0.15, -0.1) is 0 Å². The number of amides is 1. The van der Waals surface area contributed by atoms with Gasteiger partial charge in [0.05, 0.1) is 24.7 Å². The maximum absolute atomic E-state index is 12.9. The van der Waals surface area contributed by atoms with Gasteiger partial charge < -0.3 is 4.74 Å². The molecular formula is C24H20N4O2. The molecule has 0 unspecified atom stereocenters. The highest BCUT2D eigenvalue weighted by molar-refractivity contribution is 5.95. The summed E-state index contributed by atoms with van der Waals surface area (Å²) in [5.41, 5.74) is 6.22. The van der Waals surface area contributed by atoms with Crippen molar-refractivity contribution >= 4 is 12.1 Å². The van der Waals surface area contributed by atoms with E-state index in [-0.39, 0.29) is 5.91 Å².